The fourth-order valence-corrected chi connectivity index (χ4v) is 3.72. The second-order valence-electron chi connectivity index (χ2n) is 6.36. The molecule has 0 aromatic heterocycles. The first-order chi connectivity index (χ1) is 8.59. The quantitative estimate of drug-likeness (QED) is 0.839. The van der Waals surface area contributed by atoms with E-state index < -0.39 is 0 Å². The summed E-state index contributed by atoms with van der Waals surface area (Å²) in [6.07, 6.45) is 9.49. The number of carbonyl (C=O) groups is 1. The SMILES string of the molecule is CC(C(=O)N(C)C1CCCC1)C1CCCC(N)C1. The normalized spacial score (nSPS) is 31.3. The summed E-state index contributed by atoms with van der Waals surface area (Å²) in [6.45, 7) is 2.11. The van der Waals surface area contributed by atoms with Crippen LogP contribution in [-0.2, 0) is 4.79 Å². The zero-order valence-electron chi connectivity index (χ0n) is 11.9. The third-order valence-corrected chi connectivity index (χ3v) is 5.07. The van der Waals surface area contributed by atoms with Crippen molar-refractivity contribution in [1.29, 1.82) is 0 Å². The molecule has 3 nitrogen and oxygen atoms in total. The zero-order chi connectivity index (χ0) is 13.1. The first-order valence-corrected chi connectivity index (χ1v) is 7.62. The van der Waals surface area contributed by atoms with Crippen LogP contribution in [0.5, 0.6) is 0 Å². The summed E-state index contributed by atoms with van der Waals surface area (Å²) in [5, 5.41) is 0. The second-order valence-corrected chi connectivity index (χ2v) is 6.36. The van der Waals surface area contributed by atoms with E-state index in [-0.39, 0.29) is 5.92 Å². The van der Waals surface area contributed by atoms with Gasteiger partial charge in [0.15, 0.2) is 0 Å². The molecule has 2 fully saturated rings. The van der Waals surface area contributed by atoms with Crippen molar-refractivity contribution < 1.29 is 4.79 Å². The van der Waals surface area contributed by atoms with E-state index in [0.29, 0.717) is 23.9 Å². The lowest BCUT2D eigenvalue weighted by molar-refractivity contribution is -0.137. The van der Waals surface area contributed by atoms with Gasteiger partial charge in [-0.2, -0.15) is 0 Å². The van der Waals surface area contributed by atoms with Crippen molar-refractivity contribution in [3.63, 3.8) is 0 Å². The van der Waals surface area contributed by atoms with Gasteiger partial charge in [0, 0.05) is 25.0 Å². The lowest BCUT2D eigenvalue weighted by Crippen LogP contribution is -2.42. The maximum atomic E-state index is 12.5. The monoisotopic (exact) mass is 252 g/mol. The molecule has 0 heterocycles. The molecule has 0 bridgehead atoms. The molecule has 18 heavy (non-hydrogen) atoms. The van der Waals surface area contributed by atoms with Crippen LogP contribution in [0.1, 0.15) is 58.3 Å². The van der Waals surface area contributed by atoms with Gasteiger partial charge in [-0.05, 0) is 38.0 Å². The smallest absolute Gasteiger partial charge is 0.225 e. The average Bonchev–Trinajstić information content (AvgIpc) is 2.90. The fourth-order valence-electron chi connectivity index (χ4n) is 3.72. The van der Waals surface area contributed by atoms with Gasteiger partial charge in [0.05, 0.1) is 0 Å². The molecule has 2 aliphatic carbocycles. The van der Waals surface area contributed by atoms with Crippen molar-refractivity contribution in [2.45, 2.75) is 70.4 Å². The summed E-state index contributed by atoms with van der Waals surface area (Å²) in [6, 6.07) is 0.813. The third kappa shape index (κ3) is 3.05. The summed E-state index contributed by atoms with van der Waals surface area (Å²) in [7, 11) is 2.00. The average molecular weight is 252 g/mol. The second kappa shape index (κ2) is 6.05. The van der Waals surface area contributed by atoms with Gasteiger partial charge in [-0.1, -0.05) is 26.2 Å². The molecule has 0 spiro atoms. The van der Waals surface area contributed by atoms with Crippen molar-refractivity contribution in [2.24, 2.45) is 17.6 Å². The Bertz CT molecular complexity index is 286. The largest absolute Gasteiger partial charge is 0.343 e. The van der Waals surface area contributed by atoms with Crippen LogP contribution in [0.4, 0.5) is 0 Å². The molecule has 104 valence electrons. The van der Waals surface area contributed by atoms with Crippen molar-refractivity contribution in [3.05, 3.63) is 0 Å². The van der Waals surface area contributed by atoms with Gasteiger partial charge in [-0.3, -0.25) is 4.79 Å². The summed E-state index contributed by atoms with van der Waals surface area (Å²) < 4.78 is 0. The first-order valence-electron chi connectivity index (χ1n) is 7.62. The van der Waals surface area contributed by atoms with Gasteiger partial charge < -0.3 is 10.6 Å². The predicted molar refractivity (Wildman–Crippen MR) is 74.1 cm³/mol. The molecule has 2 rings (SSSR count). The number of hydrogen-bond acceptors (Lipinski definition) is 2. The number of nitrogens with zero attached hydrogens (tertiary/aromatic N) is 1. The van der Waals surface area contributed by atoms with Crippen LogP contribution in [0.15, 0.2) is 0 Å². The lowest BCUT2D eigenvalue weighted by Gasteiger charge is -2.34. The van der Waals surface area contributed by atoms with Gasteiger partial charge >= 0.3 is 0 Å². The molecule has 2 N–H and O–H groups in total. The Balaban J connectivity index is 1.90. The van der Waals surface area contributed by atoms with E-state index >= 15 is 0 Å². The van der Waals surface area contributed by atoms with Crippen LogP contribution in [-0.4, -0.2) is 29.9 Å². The Morgan fingerprint density at radius 2 is 1.83 bits per heavy atom. The molecule has 3 heteroatoms. The number of carbonyl (C=O) groups excluding carboxylic acids is 1. The van der Waals surface area contributed by atoms with Crippen LogP contribution in [0.2, 0.25) is 0 Å². The van der Waals surface area contributed by atoms with E-state index in [9.17, 15) is 4.79 Å². The van der Waals surface area contributed by atoms with Gasteiger partial charge in [0.2, 0.25) is 5.91 Å². The van der Waals surface area contributed by atoms with Crippen molar-refractivity contribution in [3.8, 4) is 0 Å². The topological polar surface area (TPSA) is 46.3 Å². The van der Waals surface area contributed by atoms with Crippen LogP contribution >= 0.6 is 0 Å². The Labute approximate surface area is 111 Å². The summed E-state index contributed by atoms with van der Waals surface area (Å²) >= 11 is 0. The standard InChI is InChI=1S/C15H28N2O/c1-11(12-6-5-7-13(16)10-12)15(18)17(2)14-8-3-4-9-14/h11-14H,3-10,16H2,1-2H3. The number of rotatable bonds is 3. The fraction of sp³-hybridized carbons (Fsp3) is 0.933. The maximum Gasteiger partial charge on any atom is 0.225 e. The Morgan fingerprint density at radius 3 is 2.44 bits per heavy atom. The van der Waals surface area contributed by atoms with Gasteiger partial charge in [0.25, 0.3) is 0 Å². The summed E-state index contributed by atoms with van der Waals surface area (Å²) in [5.41, 5.74) is 6.04. The van der Waals surface area contributed by atoms with Crippen molar-refractivity contribution in [1.82, 2.24) is 4.90 Å². The van der Waals surface area contributed by atoms with Gasteiger partial charge in [0.1, 0.15) is 0 Å². The molecule has 3 atom stereocenters. The summed E-state index contributed by atoms with van der Waals surface area (Å²) in [5.74, 6) is 1.01. The highest BCUT2D eigenvalue weighted by Crippen LogP contribution is 2.32. The Hall–Kier alpha value is -0.570. The molecule has 2 saturated carbocycles. The van der Waals surface area contributed by atoms with E-state index in [1.807, 2.05) is 11.9 Å². The van der Waals surface area contributed by atoms with Crippen molar-refractivity contribution >= 4 is 5.91 Å². The maximum absolute atomic E-state index is 12.5. The Morgan fingerprint density at radius 1 is 1.17 bits per heavy atom. The highest BCUT2D eigenvalue weighted by Gasteiger charge is 2.32. The van der Waals surface area contributed by atoms with E-state index in [1.165, 1.54) is 38.5 Å². The first kappa shape index (κ1) is 13.9. The third-order valence-electron chi connectivity index (χ3n) is 5.07. The minimum atomic E-state index is 0.155. The van der Waals surface area contributed by atoms with Crippen molar-refractivity contribution in [2.75, 3.05) is 7.05 Å². The van der Waals surface area contributed by atoms with Crippen LogP contribution in [0.3, 0.4) is 0 Å². The molecule has 2 aliphatic rings. The van der Waals surface area contributed by atoms with Crippen LogP contribution < -0.4 is 5.73 Å². The molecule has 0 saturated heterocycles. The van der Waals surface area contributed by atoms with E-state index in [2.05, 4.69) is 6.92 Å². The highest BCUT2D eigenvalue weighted by atomic mass is 16.2. The number of nitrogens with two attached hydrogens (primary N) is 1. The van der Waals surface area contributed by atoms with Gasteiger partial charge in [-0.15, -0.1) is 0 Å². The predicted octanol–water partition coefficient (Wildman–Crippen LogP) is 2.54. The number of hydrogen-bond donors (Lipinski definition) is 1. The lowest BCUT2D eigenvalue weighted by atomic mass is 9.78. The molecular formula is C15H28N2O. The number of amides is 1. The van der Waals surface area contributed by atoms with Gasteiger partial charge in [-0.25, -0.2) is 0 Å². The molecule has 0 aromatic carbocycles. The minimum Gasteiger partial charge on any atom is -0.343 e. The van der Waals surface area contributed by atoms with E-state index in [1.54, 1.807) is 0 Å². The van der Waals surface area contributed by atoms with Crippen LogP contribution in [0.25, 0.3) is 0 Å². The molecule has 1 amide bonds. The molecule has 0 aromatic rings. The van der Waals surface area contributed by atoms with E-state index in [0.717, 1.165) is 12.8 Å². The molecule has 0 aliphatic heterocycles. The Kier molecular flexibility index (Phi) is 4.66. The minimum absolute atomic E-state index is 0.155. The van der Waals surface area contributed by atoms with Crippen LogP contribution in [0, 0.1) is 11.8 Å². The summed E-state index contributed by atoms with van der Waals surface area (Å²) in [4.78, 5) is 14.5. The highest BCUT2D eigenvalue weighted by molar-refractivity contribution is 5.78. The zero-order valence-corrected chi connectivity index (χ0v) is 11.9. The van der Waals surface area contributed by atoms with E-state index in [4.69, 9.17) is 5.73 Å². The molecule has 3 unspecified atom stereocenters. The molecular weight excluding hydrogens is 224 g/mol. The molecule has 0 radical (unpaired) electrons.